The summed E-state index contributed by atoms with van der Waals surface area (Å²) in [6.45, 7) is -0.578. The van der Waals surface area contributed by atoms with Gasteiger partial charge in [0.05, 0.1) is 18.9 Å². The predicted octanol–water partition coefficient (Wildman–Crippen LogP) is 1.99. The van der Waals surface area contributed by atoms with Crippen LogP contribution in [-0.4, -0.2) is 30.5 Å². The van der Waals surface area contributed by atoms with Crippen molar-refractivity contribution < 1.29 is 28.4 Å². The van der Waals surface area contributed by atoms with Crippen molar-refractivity contribution in [1.82, 2.24) is 0 Å². The zero-order chi connectivity index (χ0) is 16.8. The zero-order valence-electron chi connectivity index (χ0n) is 12.0. The van der Waals surface area contributed by atoms with E-state index in [2.05, 4.69) is 9.73 Å². The van der Waals surface area contributed by atoms with Crippen molar-refractivity contribution in [1.29, 1.82) is 0 Å². The van der Waals surface area contributed by atoms with E-state index in [1.54, 1.807) is 24.3 Å². The van der Waals surface area contributed by atoms with Crippen LogP contribution >= 0.6 is 0 Å². The fraction of sp³-hybridized carbons (Fsp3) is 0.143. The van der Waals surface area contributed by atoms with Crippen molar-refractivity contribution in [2.24, 2.45) is 0 Å². The highest BCUT2D eigenvalue weighted by Gasteiger charge is 2.19. The Morgan fingerprint density at radius 1 is 1.26 bits per heavy atom. The number of nitro groups is 1. The highest BCUT2D eigenvalue weighted by molar-refractivity contribution is 5.95. The fourth-order valence-corrected chi connectivity index (χ4v) is 1.67. The molecule has 0 aliphatic rings. The number of rotatable bonds is 6. The SMILES string of the molecule is COc1ccccc1NC(=O)COC(=O)c1ccc([N+](=O)[O-])o1. The molecule has 1 heterocycles. The van der Waals surface area contributed by atoms with Crippen LogP contribution in [0.15, 0.2) is 40.8 Å². The van der Waals surface area contributed by atoms with E-state index in [-0.39, 0.29) is 5.76 Å². The van der Waals surface area contributed by atoms with Crippen molar-refractivity contribution in [3.8, 4) is 5.75 Å². The number of hydrogen-bond donors (Lipinski definition) is 1. The number of para-hydroxylation sites is 2. The third-order valence-electron chi connectivity index (χ3n) is 2.69. The Morgan fingerprint density at radius 3 is 2.65 bits per heavy atom. The Balaban J connectivity index is 1.90. The highest BCUT2D eigenvalue weighted by atomic mass is 16.7. The van der Waals surface area contributed by atoms with Crippen LogP contribution in [0.5, 0.6) is 5.75 Å². The summed E-state index contributed by atoms with van der Waals surface area (Å²) < 4.78 is 14.5. The van der Waals surface area contributed by atoms with Gasteiger partial charge >= 0.3 is 11.9 Å². The van der Waals surface area contributed by atoms with Crippen LogP contribution in [0, 0.1) is 10.1 Å². The number of nitrogens with one attached hydrogen (secondary N) is 1. The molecule has 1 N–H and O–H groups in total. The Kier molecular flexibility index (Phi) is 4.92. The third kappa shape index (κ3) is 4.06. The first-order valence-corrected chi connectivity index (χ1v) is 6.35. The van der Waals surface area contributed by atoms with E-state index < -0.39 is 29.3 Å². The predicted molar refractivity (Wildman–Crippen MR) is 77.3 cm³/mol. The monoisotopic (exact) mass is 320 g/mol. The highest BCUT2D eigenvalue weighted by Crippen LogP contribution is 2.22. The van der Waals surface area contributed by atoms with Crippen molar-refractivity contribution in [3.05, 3.63) is 52.3 Å². The normalized spacial score (nSPS) is 9.96. The number of benzene rings is 1. The summed E-state index contributed by atoms with van der Waals surface area (Å²) in [4.78, 5) is 33.0. The second kappa shape index (κ2) is 7.07. The van der Waals surface area contributed by atoms with Crippen LogP contribution in [0.3, 0.4) is 0 Å². The molecule has 0 fully saturated rings. The van der Waals surface area contributed by atoms with Crippen molar-refractivity contribution in [2.75, 3.05) is 19.0 Å². The second-order valence-electron chi connectivity index (χ2n) is 4.22. The lowest BCUT2D eigenvalue weighted by molar-refractivity contribution is -0.402. The molecule has 0 bridgehead atoms. The van der Waals surface area contributed by atoms with Crippen molar-refractivity contribution in [2.45, 2.75) is 0 Å². The molecule has 0 radical (unpaired) electrons. The molecule has 0 atom stereocenters. The number of esters is 1. The summed E-state index contributed by atoms with van der Waals surface area (Å²) in [5.41, 5.74) is 0.421. The maximum absolute atomic E-state index is 11.7. The average Bonchev–Trinajstić information content (AvgIpc) is 3.03. The van der Waals surface area contributed by atoms with E-state index in [1.807, 2.05) is 0 Å². The lowest BCUT2D eigenvalue weighted by Crippen LogP contribution is -2.21. The number of nitrogens with zero attached hydrogens (tertiary/aromatic N) is 1. The molecule has 0 spiro atoms. The maximum Gasteiger partial charge on any atom is 0.433 e. The molecule has 0 aliphatic heterocycles. The molecule has 0 saturated carbocycles. The van der Waals surface area contributed by atoms with Gasteiger partial charge in [-0.25, -0.2) is 4.79 Å². The van der Waals surface area contributed by atoms with Gasteiger partial charge in [-0.05, 0) is 18.2 Å². The van der Waals surface area contributed by atoms with Gasteiger partial charge in [0.25, 0.3) is 5.91 Å². The lowest BCUT2D eigenvalue weighted by atomic mass is 10.3. The summed E-state index contributed by atoms with van der Waals surface area (Å²) in [6.07, 6.45) is 0. The molecule has 1 aromatic carbocycles. The molecule has 0 saturated heterocycles. The molecular weight excluding hydrogens is 308 g/mol. The molecule has 9 nitrogen and oxygen atoms in total. The van der Waals surface area contributed by atoms with E-state index in [1.165, 1.54) is 7.11 Å². The van der Waals surface area contributed by atoms with Crippen molar-refractivity contribution >= 4 is 23.4 Å². The number of carbonyl (C=O) groups is 2. The van der Waals surface area contributed by atoms with Crippen molar-refractivity contribution in [3.63, 3.8) is 0 Å². The molecule has 9 heteroatoms. The van der Waals surface area contributed by atoms with E-state index in [9.17, 15) is 19.7 Å². The standard InChI is InChI=1S/C14H12N2O7/c1-21-10-5-3-2-4-9(10)15-12(17)8-22-14(18)11-6-7-13(23-11)16(19)20/h2-7H,8H2,1H3,(H,15,17). The minimum absolute atomic E-state index is 0.359. The Morgan fingerprint density at radius 2 is 2.00 bits per heavy atom. The minimum Gasteiger partial charge on any atom is -0.495 e. The van der Waals surface area contributed by atoms with E-state index >= 15 is 0 Å². The Bertz CT molecular complexity index is 738. The van der Waals surface area contributed by atoms with Gasteiger partial charge < -0.3 is 19.2 Å². The summed E-state index contributed by atoms with van der Waals surface area (Å²) in [5.74, 6) is -2.07. The maximum atomic E-state index is 11.7. The minimum atomic E-state index is -0.978. The third-order valence-corrected chi connectivity index (χ3v) is 2.69. The number of hydrogen-bond acceptors (Lipinski definition) is 7. The van der Waals surface area contributed by atoms with Gasteiger partial charge in [-0.2, -0.15) is 0 Å². The smallest absolute Gasteiger partial charge is 0.433 e. The number of carbonyl (C=O) groups excluding carboxylic acids is 2. The van der Waals surface area contributed by atoms with Crippen LogP contribution in [0.2, 0.25) is 0 Å². The second-order valence-corrected chi connectivity index (χ2v) is 4.22. The summed E-state index contributed by atoms with van der Waals surface area (Å²) in [7, 11) is 1.45. The number of amides is 1. The van der Waals surface area contributed by atoms with Crippen LogP contribution in [0.4, 0.5) is 11.6 Å². The van der Waals surface area contributed by atoms with Crippen LogP contribution < -0.4 is 10.1 Å². The molecule has 120 valence electrons. The van der Waals surface area contributed by atoms with Gasteiger partial charge in [-0.15, -0.1) is 0 Å². The zero-order valence-corrected chi connectivity index (χ0v) is 12.0. The fourth-order valence-electron chi connectivity index (χ4n) is 1.67. The molecule has 1 aromatic heterocycles. The molecule has 1 amide bonds. The van der Waals surface area contributed by atoms with Gasteiger partial charge in [0.2, 0.25) is 5.76 Å². The van der Waals surface area contributed by atoms with Gasteiger partial charge in [-0.1, -0.05) is 12.1 Å². The van der Waals surface area contributed by atoms with Gasteiger partial charge in [-0.3, -0.25) is 14.9 Å². The molecule has 2 rings (SSSR count). The first kappa shape index (κ1) is 16.0. The number of ether oxygens (including phenoxy) is 2. The average molecular weight is 320 g/mol. The van der Waals surface area contributed by atoms with E-state index in [0.717, 1.165) is 12.1 Å². The molecule has 2 aromatic rings. The van der Waals surface area contributed by atoms with E-state index in [0.29, 0.717) is 11.4 Å². The Hall–Kier alpha value is -3.36. The first-order chi connectivity index (χ1) is 11.0. The molecule has 23 heavy (non-hydrogen) atoms. The number of methoxy groups -OCH3 is 1. The van der Waals surface area contributed by atoms with Gasteiger partial charge in [0.1, 0.15) is 10.7 Å². The van der Waals surface area contributed by atoms with Gasteiger partial charge in [0, 0.05) is 0 Å². The van der Waals surface area contributed by atoms with Crippen LogP contribution in [0.1, 0.15) is 10.6 Å². The number of furan rings is 1. The molecule has 0 unspecified atom stereocenters. The van der Waals surface area contributed by atoms with Crippen LogP contribution in [0.25, 0.3) is 0 Å². The lowest BCUT2D eigenvalue weighted by Gasteiger charge is -2.09. The Labute approximate surface area is 129 Å². The summed E-state index contributed by atoms with van der Waals surface area (Å²) in [6, 6.07) is 8.83. The molecular formula is C14H12N2O7. The topological polar surface area (TPSA) is 121 Å². The van der Waals surface area contributed by atoms with Gasteiger partial charge in [0.15, 0.2) is 6.61 Å². The summed E-state index contributed by atoms with van der Waals surface area (Å²) in [5, 5.41) is 13.0. The quantitative estimate of drug-likeness (QED) is 0.490. The first-order valence-electron chi connectivity index (χ1n) is 6.35. The number of anilines is 1. The molecule has 0 aliphatic carbocycles. The largest absolute Gasteiger partial charge is 0.495 e. The van der Waals surface area contributed by atoms with E-state index in [4.69, 9.17) is 9.47 Å². The van der Waals surface area contributed by atoms with Crippen LogP contribution in [-0.2, 0) is 9.53 Å². The summed E-state index contributed by atoms with van der Waals surface area (Å²) >= 11 is 0.